The quantitative estimate of drug-likeness (QED) is 0.449. The van der Waals surface area contributed by atoms with Gasteiger partial charge in [0.15, 0.2) is 0 Å². The van der Waals surface area contributed by atoms with Crippen LogP contribution in [0.4, 0.5) is 0 Å². The van der Waals surface area contributed by atoms with E-state index in [0.717, 1.165) is 29.5 Å². The number of nitrogens with zero attached hydrogens (tertiary/aromatic N) is 7. The molecule has 0 unspecified atom stereocenters. The average molecular weight is 518 g/mol. The Morgan fingerprint density at radius 3 is 2.71 bits per heavy atom. The molecule has 38 heavy (non-hydrogen) atoms. The number of hydrogen-bond donors (Lipinski definition) is 0. The number of aryl methyl sites for hydroxylation is 1. The van der Waals surface area contributed by atoms with Gasteiger partial charge in [0.2, 0.25) is 17.6 Å². The highest BCUT2D eigenvalue weighted by Gasteiger charge is 2.21. The lowest BCUT2D eigenvalue weighted by Crippen LogP contribution is -2.42. The van der Waals surface area contributed by atoms with Crippen LogP contribution in [0.15, 0.2) is 24.5 Å². The smallest absolute Gasteiger partial charge is 0.242 e. The molecule has 10 nitrogen and oxygen atoms in total. The van der Waals surface area contributed by atoms with Crippen molar-refractivity contribution < 1.29 is 14.3 Å². The van der Waals surface area contributed by atoms with Crippen LogP contribution >= 0.6 is 0 Å². The molecule has 0 N–H and O–H groups in total. The Hall–Kier alpha value is -3.55. The van der Waals surface area contributed by atoms with Crippen LogP contribution in [0.1, 0.15) is 37.6 Å². The Kier molecular flexibility index (Phi) is 8.15. The second-order valence-electron chi connectivity index (χ2n) is 10.0. The summed E-state index contributed by atoms with van der Waals surface area (Å²) in [4.78, 5) is 30.6. The number of ether oxygens (including phenoxy) is 2. The number of likely N-dealkylation sites (tertiary alicyclic amines) is 1. The molecule has 3 aromatic rings. The predicted octanol–water partition coefficient (Wildman–Crippen LogP) is 3.03. The van der Waals surface area contributed by atoms with Gasteiger partial charge in [0.25, 0.3) is 0 Å². The molecule has 0 bridgehead atoms. The molecule has 0 saturated carbocycles. The fourth-order valence-electron chi connectivity index (χ4n) is 5.28. The molecule has 2 aliphatic rings. The molecule has 2 aliphatic heterocycles. The number of fused-ring (bicyclic) bond motifs is 1. The number of carbonyl (C=O) groups is 1. The Labute approximate surface area is 223 Å². The summed E-state index contributed by atoms with van der Waals surface area (Å²) in [5.41, 5.74) is 2.87. The third-order valence-electron chi connectivity index (χ3n) is 7.61. The number of nitriles is 1. The van der Waals surface area contributed by atoms with Crippen molar-refractivity contribution in [1.82, 2.24) is 29.3 Å². The van der Waals surface area contributed by atoms with Gasteiger partial charge >= 0.3 is 0 Å². The van der Waals surface area contributed by atoms with Crippen molar-refractivity contribution in [2.75, 3.05) is 52.5 Å². The van der Waals surface area contributed by atoms with Crippen molar-refractivity contribution in [3.8, 4) is 23.2 Å². The molecular formula is C28H35N7O3. The van der Waals surface area contributed by atoms with Gasteiger partial charge in [0.1, 0.15) is 18.3 Å². The zero-order valence-corrected chi connectivity index (χ0v) is 22.2. The second kappa shape index (κ2) is 11.9. The minimum atomic E-state index is -0.000556. The molecule has 1 amide bonds. The van der Waals surface area contributed by atoms with Crippen LogP contribution in [-0.4, -0.2) is 87.8 Å². The maximum absolute atomic E-state index is 12.8. The van der Waals surface area contributed by atoms with E-state index in [9.17, 15) is 10.1 Å². The van der Waals surface area contributed by atoms with E-state index in [4.69, 9.17) is 9.47 Å². The molecule has 0 spiro atoms. The molecule has 0 aromatic carbocycles. The highest BCUT2D eigenvalue weighted by Crippen LogP contribution is 2.30. The highest BCUT2D eigenvalue weighted by atomic mass is 16.5. The zero-order valence-electron chi connectivity index (χ0n) is 22.2. The fourth-order valence-corrected chi connectivity index (χ4v) is 5.28. The molecular weight excluding hydrogens is 482 g/mol. The van der Waals surface area contributed by atoms with Crippen LogP contribution in [0.2, 0.25) is 0 Å². The summed E-state index contributed by atoms with van der Waals surface area (Å²) in [5, 5.41) is 10.4. The largest absolute Gasteiger partial charge is 0.477 e. The zero-order chi connectivity index (χ0) is 26.5. The molecule has 10 heteroatoms. The summed E-state index contributed by atoms with van der Waals surface area (Å²) >= 11 is 0. The lowest BCUT2D eigenvalue weighted by molar-refractivity contribution is -0.135. The average Bonchev–Trinajstić information content (AvgIpc) is 3.36. The summed E-state index contributed by atoms with van der Waals surface area (Å²) in [6.07, 6.45) is 7.05. The van der Waals surface area contributed by atoms with Crippen molar-refractivity contribution >= 4 is 16.9 Å². The van der Waals surface area contributed by atoms with Gasteiger partial charge < -0.3 is 23.8 Å². The number of piperidine rings is 1. The van der Waals surface area contributed by atoms with E-state index in [0.29, 0.717) is 56.0 Å². The SMILES string of the molecule is CCN1CCC(CCOc2ncc(-c3nc(C#N)nc4c3ccn4CC(=O)N3CCOCC3)cc2C)CC1. The first-order chi connectivity index (χ1) is 18.6. The standard InChI is InChI=1S/C28H35N7O3/c1-3-33-8-4-21(5-9-33)7-13-38-28-20(2)16-22(18-30-28)26-23-6-10-35(27(23)32-24(17-29)31-26)19-25(36)34-11-14-37-15-12-34/h6,10,16,18,21H,3-5,7-9,11-15,19H2,1-2H3. The minimum absolute atomic E-state index is 0.000556. The number of amides is 1. The van der Waals surface area contributed by atoms with Crippen molar-refractivity contribution in [3.63, 3.8) is 0 Å². The van der Waals surface area contributed by atoms with Gasteiger partial charge in [-0.2, -0.15) is 5.26 Å². The first-order valence-corrected chi connectivity index (χ1v) is 13.5. The number of carbonyl (C=O) groups excluding carboxylic acids is 1. The number of rotatable bonds is 8. The molecule has 0 atom stereocenters. The van der Waals surface area contributed by atoms with Gasteiger partial charge in [-0.25, -0.2) is 15.0 Å². The lowest BCUT2D eigenvalue weighted by Gasteiger charge is -2.30. The first-order valence-electron chi connectivity index (χ1n) is 13.5. The van der Waals surface area contributed by atoms with Crippen molar-refractivity contribution in [2.24, 2.45) is 5.92 Å². The van der Waals surface area contributed by atoms with Gasteiger partial charge in [0, 0.05) is 42.0 Å². The van der Waals surface area contributed by atoms with Crippen LogP contribution in [-0.2, 0) is 16.1 Å². The van der Waals surface area contributed by atoms with Gasteiger partial charge in [-0.3, -0.25) is 4.79 Å². The fraction of sp³-hybridized carbons (Fsp3) is 0.536. The van der Waals surface area contributed by atoms with Crippen LogP contribution in [0.5, 0.6) is 5.88 Å². The van der Waals surface area contributed by atoms with Gasteiger partial charge in [-0.1, -0.05) is 6.92 Å². The molecule has 0 radical (unpaired) electrons. The third-order valence-corrected chi connectivity index (χ3v) is 7.61. The lowest BCUT2D eigenvalue weighted by atomic mass is 9.94. The van der Waals surface area contributed by atoms with Gasteiger partial charge in [-0.15, -0.1) is 0 Å². The van der Waals surface area contributed by atoms with Gasteiger partial charge in [-0.05, 0) is 63.9 Å². The number of pyridine rings is 1. The molecule has 200 valence electrons. The summed E-state index contributed by atoms with van der Waals surface area (Å²) in [6.45, 7) is 10.7. The van der Waals surface area contributed by atoms with E-state index >= 15 is 0 Å². The van der Waals surface area contributed by atoms with Crippen LogP contribution in [0.3, 0.4) is 0 Å². The Bertz CT molecular complexity index is 1320. The highest BCUT2D eigenvalue weighted by molar-refractivity contribution is 5.92. The first kappa shape index (κ1) is 26.1. The van der Waals surface area contributed by atoms with Crippen LogP contribution < -0.4 is 4.74 Å². The molecule has 0 aliphatic carbocycles. The topological polar surface area (TPSA) is 109 Å². The molecule has 2 saturated heterocycles. The Morgan fingerprint density at radius 1 is 1.21 bits per heavy atom. The van der Waals surface area contributed by atoms with E-state index < -0.39 is 0 Å². The maximum Gasteiger partial charge on any atom is 0.242 e. The van der Waals surface area contributed by atoms with E-state index in [1.165, 1.54) is 25.9 Å². The molecule has 5 rings (SSSR count). The van der Waals surface area contributed by atoms with Crippen molar-refractivity contribution in [2.45, 2.75) is 39.7 Å². The van der Waals surface area contributed by atoms with Crippen LogP contribution in [0, 0.1) is 24.2 Å². The molecule has 2 fully saturated rings. The number of aromatic nitrogens is 4. The number of morpholine rings is 1. The van der Waals surface area contributed by atoms with E-state index in [1.807, 2.05) is 25.3 Å². The van der Waals surface area contributed by atoms with E-state index in [-0.39, 0.29) is 18.3 Å². The number of hydrogen-bond acceptors (Lipinski definition) is 8. The second-order valence-corrected chi connectivity index (χ2v) is 10.0. The minimum Gasteiger partial charge on any atom is -0.477 e. The van der Waals surface area contributed by atoms with E-state index in [1.54, 1.807) is 15.7 Å². The molecule has 3 aromatic heterocycles. The Morgan fingerprint density at radius 2 is 2.00 bits per heavy atom. The maximum atomic E-state index is 12.8. The molecule has 5 heterocycles. The summed E-state index contributed by atoms with van der Waals surface area (Å²) in [6, 6.07) is 5.94. The van der Waals surface area contributed by atoms with Crippen molar-refractivity contribution in [1.29, 1.82) is 5.26 Å². The van der Waals surface area contributed by atoms with Gasteiger partial charge in [0.05, 0.1) is 25.5 Å². The predicted molar refractivity (Wildman–Crippen MR) is 143 cm³/mol. The third kappa shape index (κ3) is 5.79. The van der Waals surface area contributed by atoms with Crippen molar-refractivity contribution in [3.05, 3.63) is 35.9 Å². The summed E-state index contributed by atoms with van der Waals surface area (Å²) in [7, 11) is 0. The van der Waals surface area contributed by atoms with E-state index in [2.05, 4.69) is 32.8 Å². The Balaban J connectivity index is 1.30. The summed E-state index contributed by atoms with van der Waals surface area (Å²) < 4.78 is 13.2. The summed E-state index contributed by atoms with van der Waals surface area (Å²) in [5.74, 6) is 1.38. The normalized spacial score (nSPS) is 17.0. The monoisotopic (exact) mass is 517 g/mol. The van der Waals surface area contributed by atoms with Crippen LogP contribution in [0.25, 0.3) is 22.3 Å².